The highest BCUT2D eigenvalue weighted by atomic mass is 19.4. The van der Waals surface area contributed by atoms with Crippen LogP contribution in [0.25, 0.3) is 0 Å². The van der Waals surface area contributed by atoms with Gasteiger partial charge in [0.05, 0.1) is 5.56 Å². The molecule has 0 saturated carbocycles. The van der Waals surface area contributed by atoms with Gasteiger partial charge in [0, 0.05) is 25.9 Å². The minimum atomic E-state index is -4.36. The van der Waals surface area contributed by atoms with Crippen LogP contribution in [-0.2, 0) is 11.0 Å². The first-order valence-corrected chi connectivity index (χ1v) is 6.02. The number of nitrogens with zero attached hydrogens (tertiary/aromatic N) is 1. The van der Waals surface area contributed by atoms with E-state index in [1.807, 2.05) is 0 Å². The van der Waals surface area contributed by atoms with Crippen molar-refractivity contribution in [2.75, 3.05) is 13.1 Å². The van der Waals surface area contributed by atoms with E-state index in [1.54, 1.807) is 4.90 Å². The highest BCUT2D eigenvalue weighted by molar-refractivity contribution is 5.47. The number of carbonyl (C=O) groups is 1. The molecule has 0 atom stereocenters. The number of piperidine rings is 1. The number of alkyl halides is 3. The average molecular weight is 273 g/mol. The zero-order valence-electron chi connectivity index (χ0n) is 10.2. The molecule has 0 aromatic heterocycles. The van der Waals surface area contributed by atoms with Gasteiger partial charge in [-0.25, -0.2) is 0 Å². The molecule has 1 saturated heterocycles. The summed E-state index contributed by atoms with van der Waals surface area (Å²) in [6, 6.07) is 4.87. The van der Waals surface area contributed by atoms with E-state index < -0.39 is 11.7 Å². The first kappa shape index (κ1) is 13.7. The van der Waals surface area contributed by atoms with Crippen molar-refractivity contribution in [3.05, 3.63) is 29.8 Å². The summed E-state index contributed by atoms with van der Waals surface area (Å²) in [5, 5.41) is 0. The van der Waals surface area contributed by atoms with Gasteiger partial charge >= 0.3 is 6.18 Å². The van der Waals surface area contributed by atoms with Gasteiger partial charge in [-0.15, -0.1) is 0 Å². The Labute approximate surface area is 109 Å². The number of rotatable bonds is 3. The first-order chi connectivity index (χ1) is 8.99. The molecule has 6 heteroatoms. The van der Waals surface area contributed by atoms with E-state index in [-0.39, 0.29) is 11.9 Å². The molecule has 1 fully saturated rings. The maximum Gasteiger partial charge on any atom is 0.416 e. The lowest BCUT2D eigenvalue weighted by molar-refractivity contribution is -0.137. The molecule has 104 valence electrons. The number of hydrogen-bond acceptors (Lipinski definition) is 2. The molecule has 0 unspecified atom stereocenters. The fraction of sp³-hybridized carbons (Fsp3) is 0.462. The van der Waals surface area contributed by atoms with E-state index in [9.17, 15) is 18.0 Å². The summed E-state index contributed by atoms with van der Waals surface area (Å²) < 4.78 is 43.2. The van der Waals surface area contributed by atoms with Gasteiger partial charge in [0.1, 0.15) is 11.9 Å². The molecule has 0 radical (unpaired) electrons. The third kappa shape index (κ3) is 3.62. The molecule has 1 aliphatic heterocycles. The maximum atomic E-state index is 12.5. The van der Waals surface area contributed by atoms with Gasteiger partial charge < -0.3 is 9.64 Å². The second-order valence-electron chi connectivity index (χ2n) is 4.48. The number of likely N-dealkylation sites (tertiary alicyclic amines) is 1. The van der Waals surface area contributed by atoms with Crippen molar-refractivity contribution >= 4 is 6.41 Å². The predicted octanol–water partition coefficient (Wildman–Crippen LogP) is 2.71. The van der Waals surface area contributed by atoms with Gasteiger partial charge in [0.2, 0.25) is 6.41 Å². The molecule has 2 rings (SSSR count). The molecule has 0 aliphatic carbocycles. The SMILES string of the molecule is O=CN1CCC(Oc2cccc(C(F)(F)F)c2)CC1. The van der Waals surface area contributed by atoms with Gasteiger partial charge in [-0.1, -0.05) is 6.07 Å². The van der Waals surface area contributed by atoms with Crippen molar-refractivity contribution in [1.29, 1.82) is 0 Å². The summed E-state index contributed by atoms with van der Waals surface area (Å²) in [5.74, 6) is 0.222. The predicted molar refractivity (Wildman–Crippen MR) is 62.7 cm³/mol. The third-order valence-electron chi connectivity index (χ3n) is 3.09. The summed E-state index contributed by atoms with van der Waals surface area (Å²) in [6.45, 7) is 1.15. The van der Waals surface area contributed by atoms with Crippen molar-refractivity contribution in [2.45, 2.75) is 25.1 Å². The standard InChI is InChI=1S/C13H14F3NO2/c14-13(15,16)10-2-1-3-12(8-10)19-11-4-6-17(9-18)7-5-11/h1-3,8-9,11H,4-7H2. The van der Waals surface area contributed by atoms with E-state index in [0.717, 1.165) is 18.5 Å². The number of carbonyl (C=O) groups excluding carboxylic acids is 1. The second kappa shape index (κ2) is 5.50. The molecule has 1 amide bonds. The lowest BCUT2D eigenvalue weighted by Crippen LogP contribution is -2.37. The minimum Gasteiger partial charge on any atom is -0.490 e. The van der Waals surface area contributed by atoms with Gasteiger partial charge in [-0.2, -0.15) is 13.2 Å². The number of benzene rings is 1. The molecule has 1 aromatic carbocycles. The Bertz CT molecular complexity index is 440. The monoisotopic (exact) mass is 273 g/mol. The second-order valence-corrected chi connectivity index (χ2v) is 4.48. The number of hydrogen-bond donors (Lipinski definition) is 0. The van der Waals surface area contributed by atoms with E-state index in [1.165, 1.54) is 12.1 Å². The molecule has 19 heavy (non-hydrogen) atoms. The van der Waals surface area contributed by atoms with Crippen LogP contribution in [0.1, 0.15) is 18.4 Å². The molecule has 0 bridgehead atoms. The van der Waals surface area contributed by atoms with Crippen molar-refractivity contribution in [2.24, 2.45) is 0 Å². The lowest BCUT2D eigenvalue weighted by Gasteiger charge is -2.29. The van der Waals surface area contributed by atoms with Crippen molar-refractivity contribution < 1.29 is 22.7 Å². The Morgan fingerprint density at radius 1 is 1.26 bits per heavy atom. The van der Waals surface area contributed by atoms with Gasteiger partial charge in [0.15, 0.2) is 0 Å². The van der Waals surface area contributed by atoms with Crippen LogP contribution in [0.2, 0.25) is 0 Å². The zero-order chi connectivity index (χ0) is 13.9. The fourth-order valence-electron chi connectivity index (χ4n) is 2.04. The van der Waals surface area contributed by atoms with Crippen LogP contribution in [0.3, 0.4) is 0 Å². The molecule has 3 nitrogen and oxygen atoms in total. The smallest absolute Gasteiger partial charge is 0.416 e. The maximum absolute atomic E-state index is 12.5. The third-order valence-corrected chi connectivity index (χ3v) is 3.09. The Morgan fingerprint density at radius 3 is 2.53 bits per heavy atom. The van der Waals surface area contributed by atoms with Crippen LogP contribution in [0.5, 0.6) is 5.75 Å². The van der Waals surface area contributed by atoms with Crippen LogP contribution in [-0.4, -0.2) is 30.5 Å². The van der Waals surface area contributed by atoms with E-state index in [4.69, 9.17) is 4.74 Å². The Morgan fingerprint density at radius 2 is 1.95 bits per heavy atom. The summed E-state index contributed by atoms with van der Waals surface area (Å²) in [6.07, 6.45) is -2.45. The molecular formula is C13H14F3NO2. The van der Waals surface area contributed by atoms with E-state index in [0.29, 0.717) is 25.9 Å². The topological polar surface area (TPSA) is 29.5 Å². The van der Waals surface area contributed by atoms with E-state index >= 15 is 0 Å². The molecular weight excluding hydrogens is 259 g/mol. The van der Waals surface area contributed by atoms with Crippen LogP contribution in [0, 0.1) is 0 Å². The minimum absolute atomic E-state index is 0.139. The van der Waals surface area contributed by atoms with Gasteiger partial charge in [-0.05, 0) is 18.2 Å². The quantitative estimate of drug-likeness (QED) is 0.792. The normalized spacial score (nSPS) is 17.3. The number of halogens is 3. The van der Waals surface area contributed by atoms with Crippen LogP contribution < -0.4 is 4.74 Å². The molecule has 0 spiro atoms. The van der Waals surface area contributed by atoms with Gasteiger partial charge in [-0.3, -0.25) is 4.79 Å². The van der Waals surface area contributed by atoms with E-state index in [2.05, 4.69) is 0 Å². The Balaban J connectivity index is 1.98. The summed E-state index contributed by atoms with van der Waals surface area (Å²) in [4.78, 5) is 12.2. The fourth-order valence-corrected chi connectivity index (χ4v) is 2.04. The summed E-state index contributed by atoms with van der Waals surface area (Å²) in [5.41, 5.74) is -0.713. The number of amides is 1. The number of ether oxygens (including phenoxy) is 1. The molecule has 1 aliphatic rings. The molecule has 0 N–H and O–H groups in total. The van der Waals surface area contributed by atoms with Crippen LogP contribution >= 0.6 is 0 Å². The van der Waals surface area contributed by atoms with Crippen LogP contribution in [0.15, 0.2) is 24.3 Å². The van der Waals surface area contributed by atoms with Crippen molar-refractivity contribution in [3.8, 4) is 5.75 Å². The lowest BCUT2D eigenvalue weighted by atomic mass is 10.1. The largest absolute Gasteiger partial charge is 0.490 e. The average Bonchev–Trinajstić information content (AvgIpc) is 2.39. The molecule has 1 heterocycles. The highest BCUT2D eigenvalue weighted by Gasteiger charge is 2.31. The van der Waals surface area contributed by atoms with Gasteiger partial charge in [0.25, 0.3) is 0 Å². The summed E-state index contributed by atoms with van der Waals surface area (Å²) in [7, 11) is 0. The van der Waals surface area contributed by atoms with Crippen molar-refractivity contribution in [1.82, 2.24) is 4.90 Å². The highest BCUT2D eigenvalue weighted by Crippen LogP contribution is 2.31. The Kier molecular flexibility index (Phi) is 3.97. The zero-order valence-corrected chi connectivity index (χ0v) is 10.2. The Hall–Kier alpha value is -1.72. The first-order valence-electron chi connectivity index (χ1n) is 6.02. The molecule has 1 aromatic rings. The van der Waals surface area contributed by atoms with Crippen molar-refractivity contribution in [3.63, 3.8) is 0 Å². The summed E-state index contributed by atoms with van der Waals surface area (Å²) >= 11 is 0. The van der Waals surface area contributed by atoms with Crippen LogP contribution in [0.4, 0.5) is 13.2 Å².